The SMILES string of the molecule is CC(=O)C=C(C)O.CC(=O)C=C(C)O.CC(=O)C=C(C)O.Cc1c(-c2[c-]cc(F)cc2F)ncn1C.Cc1c(-c2[c-]cccc2)ncn1C.Cn1cnc(-c2[c-]cc(F)cc2F)c1.Cn1cnc(-c2[c-]cccc2)c1.[Ir].[Ir].[Ir].[Ir].[Ir].[c-]1ccccc1-c1cn(Cc2ccccc2)cn1. The summed E-state index contributed by atoms with van der Waals surface area (Å²) in [5, 5.41) is 25.1. The number of aryl methyl sites for hydroxylation is 4. The third kappa shape index (κ3) is 34.5. The van der Waals surface area contributed by atoms with Crippen LogP contribution in [-0.4, -0.2) is 80.4 Å². The first-order valence-corrected chi connectivity index (χ1v) is 28.5. The van der Waals surface area contributed by atoms with E-state index in [1.807, 2.05) is 135 Å². The summed E-state index contributed by atoms with van der Waals surface area (Å²) >= 11 is 0. The maximum absolute atomic E-state index is 13.4. The number of benzene rings is 6. The van der Waals surface area contributed by atoms with Gasteiger partial charge < -0.3 is 38.2 Å². The molecule has 0 aliphatic rings. The summed E-state index contributed by atoms with van der Waals surface area (Å²) in [6.07, 6.45) is 17.8. The number of carbonyl (C=O) groups excluding carboxylic acids is 3. The van der Waals surface area contributed by atoms with E-state index in [9.17, 15) is 31.9 Å². The van der Waals surface area contributed by atoms with Crippen LogP contribution in [0, 0.1) is 67.4 Å². The molecule has 98 heavy (non-hydrogen) atoms. The number of aliphatic hydroxyl groups excluding tert-OH is 3. The fraction of sp³-hybridized carbons (Fsp3) is 0.178. The van der Waals surface area contributed by atoms with Crippen LogP contribution in [0.2, 0.25) is 0 Å². The van der Waals surface area contributed by atoms with Crippen molar-refractivity contribution < 1.29 is 148 Å². The fourth-order valence-electron chi connectivity index (χ4n) is 7.76. The average Bonchev–Trinajstić information content (AvgIpc) is 1.82. The summed E-state index contributed by atoms with van der Waals surface area (Å²) in [7, 11) is 7.54. The monoisotopic (exact) mass is 2230 g/mol. The number of rotatable bonds is 10. The minimum absolute atomic E-state index is 0. The molecule has 0 spiro atoms. The summed E-state index contributed by atoms with van der Waals surface area (Å²) in [5.41, 5.74) is 10.7. The molecule has 25 heteroatoms. The molecule has 529 valence electrons. The van der Waals surface area contributed by atoms with Crippen LogP contribution >= 0.6 is 0 Å². The zero-order chi connectivity index (χ0) is 68.6. The Morgan fingerprint density at radius 3 is 1.14 bits per heavy atom. The zero-order valence-corrected chi connectivity index (χ0v) is 67.4. The van der Waals surface area contributed by atoms with E-state index < -0.39 is 23.3 Å². The van der Waals surface area contributed by atoms with Crippen molar-refractivity contribution in [2.75, 3.05) is 0 Å². The van der Waals surface area contributed by atoms with Crippen LogP contribution in [0.4, 0.5) is 17.6 Å². The van der Waals surface area contributed by atoms with Crippen molar-refractivity contribution in [1.82, 2.24) is 47.8 Å². The molecular formula is C73H73F4Ir5N10O6-5. The summed E-state index contributed by atoms with van der Waals surface area (Å²) < 4.78 is 61.4. The predicted molar refractivity (Wildman–Crippen MR) is 352 cm³/mol. The van der Waals surface area contributed by atoms with Crippen LogP contribution in [-0.2, 0) is 150 Å². The standard InChI is InChI=1S/C16H13N2.C11H9F2N2.C11H11N2.C10H7F2N2.C10H9N2.3C5H8O2.5Ir/c1-3-7-14(8-4-1)11-18-12-16(17-13-18)15-9-5-2-6-10-15;1-7-11(14-6-15(7)2)9-4-3-8(12)5-10(9)13;1-9-11(12-8-13(9)2)10-6-4-3-5-7-10;1-14-5-10(13-6-14)8-3-2-7(11)4-9(8)12;1-12-7-10(11-8-12)9-5-3-2-4-6-9;3*1-4(6)3-5(2)7;;;;;/h1-9,12-13H,11H2;3,5-6H,1-2H3;3-6,8H,1-2H3;2,4-6H,1H3;2-5,7-8H,1H3;3*3,6H,1-2H3;;;;;/q5*-1;;;;;;;;. The first kappa shape index (κ1) is 92.0. The second-order valence-electron chi connectivity index (χ2n) is 20.4. The first-order valence-electron chi connectivity index (χ1n) is 28.5. The van der Waals surface area contributed by atoms with Crippen molar-refractivity contribution in [1.29, 1.82) is 0 Å². The smallest absolute Gasteiger partial charge is 0.155 e. The van der Waals surface area contributed by atoms with Gasteiger partial charge in [0, 0.05) is 205 Å². The van der Waals surface area contributed by atoms with E-state index in [1.165, 1.54) is 71.0 Å². The number of allylic oxidation sites excluding steroid dienone is 6. The Bertz CT molecular complexity index is 4140. The molecule has 0 bridgehead atoms. The summed E-state index contributed by atoms with van der Waals surface area (Å²) in [6, 6.07) is 52.4. The van der Waals surface area contributed by atoms with Gasteiger partial charge in [0.1, 0.15) is 0 Å². The van der Waals surface area contributed by atoms with Crippen LogP contribution < -0.4 is 0 Å². The van der Waals surface area contributed by atoms with Crippen molar-refractivity contribution in [2.45, 2.75) is 61.9 Å². The van der Waals surface area contributed by atoms with Crippen molar-refractivity contribution in [3.63, 3.8) is 0 Å². The van der Waals surface area contributed by atoms with E-state index in [1.54, 1.807) is 41.4 Å². The molecule has 16 nitrogen and oxygen atoms in total. The van der Waals surface area contributed by atoms with Crippen LogP contribution in [0.15, 0.2) is 213 Å². The molecule has 6 aromatic carbocycles. The fourth-order valence-corrected chi connectivity index (χ4v) is 7.76. The Morgan fingerprint density at radius 1 is 0.439 bits per heavy atom. The van der Waals surface area contributed by atoms with E-state index in [-0.39, 0.29) is 146 Å². The molecule has 0 saturated carbocycles. The van der Waals surface area contributed by atoms with Gasteiger partial charge in [-0.2, -0.15) is 0 Å². The molecule has 0 saturated heterocycles. The largest absolute Gasteiger partial charge is 0.512 e. The third-order valence-electron chi connectivity index (χ3n) is 12.1. The maximum Gasteiger partial charge on any atom is 0.155 e. The first-order chi connectivity index (χ1) is 44.2. The molecule has 5 radical (unpaired) electrons. The van der Waals surface area contributed by atoms with Gasteiger partial charge in [0.25, 0.3) is 0 Å². The maximum atomic E-state index is 13.4. The number of halogens is 4. The molecule has 11 rings (SSSR count). The van der Waals surface area contributed by atoms with Gasteiger partial charge in [-0.3, -0.25) is 56.9 Å². The molecular weight excluding hydrogens is 2150 g/mol. The summed E-state index contributed by atoms with van der Waals surface area (Å²) in [5.74, 6) is -2.75. The van der Waals surface area contributed by atoms with Crippen LogP contribution in [0.5, 0.6) is 0 Å². The van der Waals surface area contributed by atoms with E-state index >= 15 is 0 Å². The second kappa shape index (κ2) is 48.6. The molecule has 11 aromatic rings. The molecule has 0 amide bonds. The van der Waals surface area contributed by atoms with Gasteiger partial charge in [0.15, 0.2) is 17.3 Å². The molecule has 5 heterocycles. The van der Waals surface area contributed by atoms with Gasteiger partial charge in [-0.15, -0.1) is 132 Å². The molecule has 5 aromatic heterocycles. The third-order valence-corrected chi connectivity index (χ3v) is 12.1. The Balaban J connectivity index is 0. The number of hydrogen-bond donors (Lipinski definition) is 3. The predicted octanol–water partition coefficient (Wildman–Crippen LogP) is 15.2. The normalized spacial score (nSPS) is 10.1. The number of aliphatic hydroxyl groups is 3. The van der Waals surface area contributed by atoms with Crippen LogP contribution in [0.1, 0.15) is 58.5 Å². The molecule has 0 aliphatic carbocycles. The number of aromatic nitrogens is 10. The van der Waals surface area contributed by atoms with E-state index in [0.29, 0.717) is 11.4 Å². The van der Waals surface area contributed by atoms with Gasteiger partial charge in [0.05, 0.1) is 48.9 Å². The Kier molecular flexibility index (Phi) is 45.7. The summed E-state index contributed by atoms with van der Waals surface area (Å²) in [6.45, 7) is 13.3. The molecule has 0 unspecified atom stereocenters. The van der Waals surface area contributed by atoms with Gasteiger partial charge in [-0.1, -0.05) is 53.6 Å². The molecule has 3 N–H and O–H groups in total. The second-order valence-corrected chi connectivity index (χ2v) is 20.4. The Morgan fingerprint density at radius 2 is 0.806 bits per heavy atom. The number of hydrogen-bond acceptors (Lipinski definition) is 11. The van der Waals surface area contributed by atoms with Crippen molar-refractivity contribution in [3.8, 4) is 56.3 Å². The van der Waals surface area contributed by atoms with Crippen LogP contribution in [0.3, 0.4) is 0 Å². The van der Waals surface area contributed by atoms with Crippen LogP contribution in [0.25, 0.3) is 56.3 Å². The van der Waals surface area contributed by atoms with Crippen molar-refractivity contribution in [3.05, 3.63) is 284 Å². The number of ketones is 3. The van der Waals surface area contributed by atoms with Gasteiger partial charge in [-0.05, 0) is 90.9 Å². The van der Waals surface area contributed by atoms with Crippen molar-refractivity contribution >= 4 is 17.3 Å². The molecule has 0 fully saturated rings. The average molecular weight is 2220 g/mol. The zero-order valence-electron chi connectivity index (χ0n) is 55.4. The topological polar surface area (TPSA) is 201 Å². The quantitative estimate of drug-likeness (QED) is 0.0509. The molecule has 0 aliphatic heterocycles. The Hall–Kier alpha value is -8.03. The minimum atomic E-state index is -0.649. The number of imidazole rings is 5. The van der Waals surface area contributed by atoms with Gasteiger partial charge in [0.2, 0.25) is 0 Å². The summed E-state index contributed by atoms with van der Waals surface area (Å²) in [4.78, 5) is 51.0. The number of carbonyl (C=O) groups is 3. The van der Waals surface area contributed by atoms with E-state index in [2.05, 4.69) is 97.2 Å². The number of nitrogens with zero attached hydrogens (tertiary/aromatic N) is 10. The van der Waals surface area contributed by atoms with E-state index in [0.717, 1.165) is 70.3 Å². The minimum Gasteiger partial charge on any atom is -0.512 e. The van der Waals surface area contributed by atoms with Gasteiger partial charge in [-0.25, -0.2) is 0 Å². The molecule has 0 atom stereocenters. The van der Waals surface area contributed by atoms with Gasteiger partial charge >= 0.3 is 0 Å². The Labute approximate surface area is 637 Å². The van der Waals surface area contributed by atoms with Crippen molar-refractivity contribution in [2.24, 2.45) is 28.2 Å². The van der Waals surface area contributed by atoms with E-state index in [4.69, 9.17) is 15.3 Å².